The molecule has 1 saturated carbocycles. The van der Waals surface area contributed by atoms with Crippen LogP contribution in [0.3, 0.4) is 0 Å². The minimum Gasteiger partial charge on any atom is -0.311 e. The number of benzene rings is 1. The van der Waals surface area contributed by atoms with Gasteiger partial charge < -0.3 is 5.32 Å². The van der Waals surface area contributed by atoms with E-state index in [9.17, 15) is 10.1 Å². The van der Waals surface area contributed by atoms with Gasteiger partial charge in [0.05, 0.1) is 16.9 Å². The standard InChI is InChI=1S/C23H22N4OS/c1-14-7-10-17-18(13-24)23(29-21(17)11-14)25-22(28)20-12-19(15-8-9-15)26-27(20)16-5-3-2-4-6-16/h2-6,12,14-15H,7-11H2,1H3,(H,25,28)/t14-/m1/s1. The fourth-order valence-electron chi connectivity index (χ4n) is 4.03. The first kappa shape index (κ1) is 18.1. The molecule has 6 heteroatoms. The molecule has 0 saturated heterocycles. The molecule has 146 valence electrons. The number of nitriles is 1. The van der Waals surface area contributed by atoms with Crippen molar-refractivity contribution in [2.24, 2.45) is 5.92 Å². The van der Waals surface area contributed by atoms with Crippen molar-refractivity contribution >= 4 is 22.2 Å². The summed E-state index contributed by atoms with van der Waals surface area (Å²) in [5.41, 5.74) is 4.12. The lowest BCUT2D eigenvalue weighted by molar-refractivity contribution is 0.102. The molecule has 2 aliphatic carbocycles. The molecule has 2 heterocycles. The maximum Gasteiger partial charge on any atom is 0.275 e. The number of thiophene rings is 1. The number of para-hydroxylation sites is 1. The molecule has 5 rings (SSSR count). The average molecular weight is 403 g/mol. The summed E-state index contributed by atoms with van der Waals surface area (Å²) in [5, 5.41) is 18.1. The normalized spacial score (nSPS) is 18.1. The highest BCUT2D eigenvalue weighted by Gasteiger charge is 2.30. The maximum absolute atomic E-state index is 13.2. The van der Waals surface area contributed by atoms with Crippen molar-refractivity contribution in [3.8, 4) is 11.8 Å². The van der Waals surface area contributed by atoms with Crippen LogP contribution in [0.15, 0.2) is 36.4 Å². The number of nitrogens with zero attached hydrogens (tertiary/aromatic N) is 3. The fourth-order valence-corrected chi connectivity index (χ4v) is 5.39. The van der Waals surface area contributed by atoms with Crippen molar-refractivity contribution in [3.05, 3.63) is 63.8 Å². The molecule has 3 aromatic rings. The minimum atomic E-state index is -0.212. The molecule has 0 radical (unpaired) electrons. The molecule has 1 aromatic carbocycles. The van der Waals surface area contributed by atoms with Gasteiger partial charge in [-0.05, 0) is 61.8 Å². The Hall–Kier alpha value is -2.91. The summed E-state index contributed by atoms with van der Waals surface area (Å²) in [6.45, 7) is 2.24. The second-order valence-electron chi connectivity index (χ2n) is 8.10. The molecule has 1 N–H and O–H groups in total. The number of hydrogen-bond donors (Lipinski definition) is 1. The smallest absolute Gasteiger partial charge is 0.275 e. The number of rotatable bonds is 4. The molecule has 5 nitrogen and oxygen atoms in total. The van der Waals surface area contributed by atoms with E-state index in [0.717, 1.165) is 49.0 Å². The van der Waals surface area contributed by atoms with E-state index in [-0.39, 0.29) is 5.91 Å². The largest absolute Gasteiger partial charge is 0.311 e. The number of hydrogen-bond acceptors (Lipinski definition) is 4. The molecule has 0 bridgehead atoms. The highest BCUT2D eigenvalue weighted by molar-refractivity contribution is 7.16. The van der Waals surface area contributed by atoms with E-state index in [1.807, 2.05) is 36.4 Å². The van der Waals surface area contributed by atoms with Gasteiger partial charge in [0.15, 0.2) is 0 Å². The van der Waals surface area contributed by atoms with E-state index in [4.69, 9.17) is 5.10 Å². The van der Waals surface area contributed by atoms with E-state index >= 15 is 0 Å². The SMILES string of the molecule is C[C@@H]1CCc2c(sc(NC(=O)c3cc(C4CC4)nn3-c3ccccc3)c2C#N)C1. The van der Waals surface area contributed by atoms with Gasteiger partial charge in [-0.25, -0.2) is 4.68 Å². The highest BCUT2D eigenvalue weighted by Crippen LogP contribution is 2.41. The Morgan fingerprint density at radius 2 is 2.07 bits per heavy atom. The summed E-state index contributed by atoms with van der Waals surface area (Å²) in [6, 6.07) is 14.0. The Morgan fingerprint density at radius 1 is 1.28 bits per heavy atom. The van der Waals surface area contributed by atoms with Crippen LogP contribution in [-0.2, 0) is 12.8 Å². The van der Waals surface area contributed by atoms with Crippen molar-refractivity contribution in [1.82, 2.24) is 9.78 Å². The van der Waals surface area contributed by atoms with Crippen molar-refractivity contribution in [1.29, 1.82) is 5.26 Å². The predicted molar refractivity (Wildman–Crippen MR) is 114 cm³/mol. The van der Waals surface area contributed by atoms with Crippen molar-refractivity contribution in [3.63, 3.8) is 0 Å². The zero-order chi connectivity index (χ0) is 20.0. The Bertz CT molecular complexity index is 1120. The van der Waals surface area contributed by atoms with Crippen LogP contribution in [0.25, 0.3) is 5.69 Å². The van der Waals surface area contributed by atoms with Gasteiger partial charge in [-0.1, -0.05) is 25.1 Å². The molecule has 1 fully saturated rings. The van der Waals surface area contributed by atoms with Crippen molar-refractivity contribution in [2.45, 2.75) is 44.9 Å². The molecule has 29 heavy (non-hydrogen) atoms. The molecule has 0 spiro atoms. The minimum absolute atomic E-state index is 0.212. The molecular formula is C23H22N4OS. The molecule has 2 aromatic heterocycles. The number of fused-ring (bicyclic) bond motifs is 1. The van der Waals surface area contributed by atoms with Crippen LogP contribution in [0, 0.1) is 17.2 Å². The Labute approximate surface area is 174 Å². The lowest BCUT2D eigenvalue weighted by atomic mass is 9.89. The van der Waals surface area contributed by atoms with E-state index in [1.54, 1.807) is 16.0 Å². The number of anilines is 1. The third-order valence-electron chi connectivity index (χ3n) is 5.81. The van der Waals surface area contributed by atoms with Crippen LogP contribution >= 0.6 is 11.3 Å². The summed E-state index contributed by atoms with van der Waals surface area (Å²) >= 11 is 1.56. The second-order valence-corrected chi connectivity index (χ2v) is 9.20. The summed E-state index contributed by atoms with van der Waals surface area (Å²) in [5.74, 6) is 0.866. The van der Waals surface area contributed by atoms with Crippen LogP contribution in [0.2, 0.25) is 0 Å². The van der Waals surface area contributed by atoms with E-state index in [2.05, 4.69) is 18.3 Å². The van der Waals surface area contributed by atoms with Gasteiger partial charge in [-0.2, -0.15) is 10.4 Å². The first-order valence-corrected chi connectivity index (χ1v) is 11.0. The molecule has 1 amide bonds. The molecular weight excluding hydrogens is 380 g/mol. The van der Waals surface area contributed by atoms with Gasteiger partial charge in [0.1, 0.15) is 16.8 Å². The van der Waals surface area contributed by atoms with Gasteiger partial charge in [0, 0.05) is 10.8 Å². The lowest BCUT2D eigenvalue weighted by Gasteiger charge is -2.17. The van der Waals surface area contributed by atoms with Gasteiger partial charge in [0.2, 0.25) is 0 Å². The Balaban J connectivity index is 1.50. The van der Waals surface area contributed by atoms with Crippen molar-refractivity contribution < 1.29 is 4.79 Å². The summed E-state index contributed by atoms with van der Waals surface area (Å²) in [6.07, 6.45) is 5.25. The topological polar surface area (TPSA) is 70.7 Å². The number of carbonyl (C=O) groups excluding carboxylic acids is 1. The van der Waals surface area contributed by atoms with Gasteiger partial charge in [0.25, 0.3) is 5.91 Å². The van der Waals surface area contributed by atoms with Crippen molar-refractivity contribution in [2.75, 3.05) is 5.32 Å². The average Bonchev–Trinajstić information content (AvgIpc) is 3.39. The fraction of sp³-hybridized carbons (Fsp3) is 0.348. The molecule has 2 aliphatic rings. The predicted octanol–water partition coefficient (Wildman–Crippen LogP) is 5.06. The number of amides is 1. The first-order chi connectivity index (χ1) is 14.1. The quantitative estimate of drug-likeness (QED) is 0.663. The van der Waals surface area contributed by atoms with Crippen LogP contribution in [-0.4, -0.2) is 15.7 Å². The molecule has 0 aliphatic heterocycles. The Kier molecular flexibility index (Phi) is 4.48. The third-order valence-corrected chi connectivity index (χ3v) is 6.98. The zero-order valence-electron chi connectivity index (χ0n) is 16.3. The second kappa shape index (κ2) is 7.16. The third kappa shape index (κ3) is 3.36. The molecule has 0 unspecified atom stereocenters. The van der Waals surface area contributed by atoms with Crippen LogP contribution in [0.4, 0.5) is 5.00 Å². The summed E-state index contributed by atoms with van der Waals surface area (Å²) in [4.78, 5) is 14.5. The lowest BCUT2D eigenvalue weighted by Crippen LogP contribution is -2.17. The van der Waals surface area contributed by atoms with Crippen LogP contribution in [0.1, 0.15) is 64.3 Å². The summed E-state index contributed by atoms with van der Waals surface area (Å²) in [7, 11) is 0. The Morgan fingerprint density at radius 3 is 2.79 bits per heavy atom. The number of carbonyl (C=O) groups is 1. The monoisotopic (exact) mass is 402 g/mol. The van der Waals surface area contributed by atoms with E-state index in [0.29, 0.717) is 28.1 Å². The number of aromatic nitrogens is 2. The molecule has 1 atom stereocenters. The van der Waals surface area contributed by atoms with Crippen LogP contribution in [0.5, 0.6) is 0 Å². The first-order valence-electron chi connectivity index (χ1n) is 10.2. The van der Waals surface area contributed by atoms with E-state index < -0.39 is 0 Å². The zero-order valence-corrected chi connectivity index (χ0v) is 17.1. The van der Waals surface area contributed by atoms with Gasteiger partial charge in [-0.15, -0.1) is 11.3 Å². The highest BCUT2D eigenvalue weighted by atomic mass is 32.1. The van der Waals surface area contributed by atoms with Crippen LogP contribution < -0.4 is 5.32 Å². The summed E-state index contributed by atoms with van der Waals surface area (Å²) < 4.78 is 1.73. The maximum atomic E-state index is 13.2. The van der Waals surface area contributed by atoms with Gasteiger partial charge >= 0.3 is 0 Å². The van der Waals surface area contributed by atoms with E-state index in [1.165, 1.54) is 4.88 Å². The number of nitrogens with one attached hydrogen (secondary N) is 1. The van der Waals surface area contributed by atoms with Gasteiger partial charge in [-0.3, -0.25) is 4.79 Å².